The van der Waals surface area contributed by atoms with Crippen molar-refractivity contribution < 1.29 is 0 Å². The minimum Gasteiger partial charge on any atom is -0.376 e. The summed E-state index contributed by atoms with van der Waals surface area (Å²) >= 11 is 3.39. The van der Waals surface area contributed by atoms with Gasteiger partial charge in [-0.3, -0.25) is 4.79 Å². The molecule has 90 valence electrons. The quantitative estimate of drug-likeness (QED) is 0.592. The van der Waals surface area contributed by atoms with Crippen molar-refractivity contribution in [2.45, 2.75) is 25.8 Å². The number of aromatic nitrogens is 2. The van der Waals surface area contributed by atoms with Gasteiger partial charge < -0.3 is 4.90 Å². The molecular weight excluding hydrogens is 270 g/mol. The Bertz CT molecular complexity index is 376. The molecule has 0 aromatic carbocycles. The Morgan fingerprint density at radius 3 is 2.69 bits per heavy atom. The average molecular weight is 288 g/mol. The minimum absolute atomic E-state index is 0.0231. The molecule has 0 aliphatic rings. The molecule has 5 heteroatoms. The Morgan fingerprint density at radius 2 is 2.12 bits per heavy atom. The van der Waals surface area contributed by atoms with E-state index in [1.165, 1.54) is 4.68 Å². The summed E-state index contributed by atoms with van der Waals surface area (Å²) in [5.74, 6) is 0. The van der Waals surface area contributed by atoms with Crippen LogP contribution in [0.2, 0.25) is 0 Å². The molecule has 16 heavy (non-hydrogen) atoms. The number of hydrogen-bond acceptors (Lipinski definition) is 3. The number of anilines is 1. The highest BCUT2D eigenvalue weighted by Gasteiger charge is 2.01. The lowest BCUT2D eigenvalue weighted by Gasteiger charge is -2.12. The second kappa shape index (κ2) is 6.68. The number of hydrogen-bond donors (Lipinski definition) is 0. The zero-order chi connectivity index (χ0) is 12.0. The van der Waals surface area contributed by atoms with E-state index in [9.17, 15) is 4.79 Å². The molecule has 1 heterocycles. The lowest BCUT2D eigenvalue weighted by Crippen LogP contribution is -2.24. The summed E-state index contributed by atoms with van der Waals surface area (Å²) in [6.45, 7) is 0.708. The van der Waals surface area contributed by atoms with Crippen molar-refractivity contribution in [3.63, 3.8) is 0 Å². The highest BCUT2D eigenvalue weighted by molar-refractivity contribution is 9.09. The van der Waals surface area contributed by atoms with E-state index in [4.69, 9.17) is 0 Å². The van der Waals surface area contributed by atoms with Gasteiger partial charge >= 0.3 is 0 Å². The van der Waals surface area contributed by atoms with Crippen molar-refractivity contribution in [1.29, 1.82) is 0 Å². The van der Waals surface area contributed by atoms with Crippen LogP contribution in [0.3, 0.4) is 0 Å². The summed E-state index contributed by atoms with van der Waals surface area (Å²) in [7, 11) is 3.80. The molecule has 1 aromatic rings. The predicted octanol–water partition coefficient (Wildman–Crippen LogP) is 1.87. The summed E-state index contributed by atoms with van der Waals surface area (Å²) < 4.78 is 1.53. The van der Waals surface area contributed by atoms with Gasteiger partial charge in [-0.15, -0.1) is 0 Å². The lowest BCUT2D eigenvalue weighted by atomic mass is 10.2. The van der Waals surface area contributed by atoms with E-state index in [0.29, 0.717) is 6.54 Å². The monoisotopic (exact) mass is 287 g/mol. The van der Waals surface area contributed by atoms with E-state index >= 15 is 0 Å². The Kier molecular flexibility index (Phi) is 5.52. The Morgan fingerprint density at radius 1 is 1.38 bits per heavy atom. The number of rotatable bonds is 6. The Labute approximate surface area is 104 Å². The van der Waals surface area contributed by atoms with Crippen molar-refractivity contribution in [3.8, 4) is 0 Å². The van der Waals surface area contributed by atoms with Gasteiger partial charge in [0.05, 0.1) is 11.9 Å². The zero-order valence-electron chi connectivity index (χ0n) is 9.82. The fourth-order valence-electron chi connectivity index (χ4n) is 1.37. The van der Waals surface area contributed by atoms with Crippen LogP contribution in [-0.2, 0) is 6.54 Å². The van der Waals surface area contributed by atoms with Crippen LogP contribution in [0.1, 0.15) is 19.3 Å². The van der Waals surface area contributed by atoms with Crippen molar-refractivity contribution in [2.24, 2.45) is 0 Å². The average Bonchev–Trinajstić information content (AvgIpc) is 2.26. The summed E-state index contributed by atoms with van der Waals surface area (Å²) in [5.41, 5.74) is 0.826. The molecule has 0 aliphatic heterocycles. The SMILES string of the molecule is CN(C)c1cnn(CCCCCBr)c(=O)c1. The molecule has 0 saturated carbocycles. The molecule has 0 saturated heterocycles. The van der Waals surface area contributed by atoms with Crippen molar-refractivity contribution >= 4 is 21.6 Å². The first-order valence-electron chi connectivity index (χ1n) is 5.45. The maximum Gasteiger partial charge on any atom is 0.268 e. The third-order valence-electron chi connectivity index (χ3n) is 2.38. The third kappa shape index (κ3) is 3.96. The molecule has 1 rings (SSSR count). The molecule has 0 unspecified atom stereocenters. The molecule has 0 atom stereocenters. The molecule has 4 nitrogen and oxygen atoms in total. The first kappa shape index (κ1) is 13.2. The Hall–Kier alpha value is -0.840. The third-order valence-corrected chi connectivity index (χ3v) is 2.94. The van der Waals surface area contributed by atoms with E-state index in [1.807, 2.05) is 19.0 Å². The van der Waals surface area contributed by atoms with Crippen molar-refractivity contribution in [3.05, 3.63) is 22.6 Å². The minimum atomic E-state index is -0.0231. The van der Waals surface area contributed by atoms with Gasteiger partial charge in [-0.1, -0.05) is 22.4 Å². The molecule has 0 N–H and O–H groups in total. The highest BCUT2D eigenvalue weighted by Crippen LogP contribution is 2.04. The number of alkyl halides is 1. The summed E-state index contributed by atoms with van der Waals surface area (Å²) in [6.07, 6.45) is 4.99. The van der Waals surface area contributed by atoms with Gasteiger partial charge in [-0.25, -0.2) is 4.68 Å². The predicted molar refractivity (Wildman–Crippen MR) is 70.5 cm³/mol. The standard InChI is InChI=1S/C11H18BrN3O/c1-14(2)10-8-11(16)15(13-9-10)7-5-3-4-6-12/h8-9H,3-7H2,1-2H3. The van der Waals surface area contributed by atoms with Crippen molar-refractivity contribution in [1.82, 2.24) is 9.78 Å². The van der Waals surface area contributed by atoms with Crippen LogP contribution in [0, 0.1) is 0 Å². The van der Waals surface area contributed by atoms with Crippen LogP contribution in [0.25, 0.3) is 0 Å². The van der Waals surface area contributed by atoms with Crippen LogP contribution in [0.15, 0.2) is 17.1 Å². The molecule has 0 amide bonds. The van der Waals surface area contributed by atoms with Gasteiger partial charge in [-0.05, 0) is 12.8 Å². The summed E-state index contributed by atoms with van der Waals surface area (Å²) in [5, 5.41) is 5.17. The van der Waals surface area contributed by atoms with Crippen molar-refractivity contribution in [2.75, 3.05) is 24.3 Å². The van der Waals surface area contributed by atoms with Gasteiger partial charge in [0.15, 0.2) is 0 Å². The molecule has 0 fully saturated rings. The van der Waals surface area contributed by atoms with Crippen LogP contribution >= 0.6 is 15.9 Å². The van der Waals surface area contributed by atoms with Gasteiger partial charge in [0.25, 0.3) is 5.56 Å². The van der Waals surface area contributed by atoms with E-state index in [2.05, 4.69) is 21.0 Å². The van der Waals surface area contributed by atoms with Gasteiger partial charge in [-0.2, -0.15) is 5.10 Å². The first-order chi connectivity index (χ1) is 7.65. The first-order valence-corrected chi connectivity index (χ1v) is 6.57. The smallest absolute Gasteiger partial charge is 0.268 e. The number of aryl methyl sites for hydroxylation is 1. The fraction of sp³-hybridized carbons (Fsp3) is 0.636. The topological polar surface area (TPSA) is 38.1 Å². The number of unbranched alkanes of at least 4 members (excludes halogenated alkanes) is 2. The van der Waals surface area contributed by atoms with Crippen LogP contribution < -0.4 is 10.5 Å². The molecule has 1 aromatic heterocycles. The molecular formula is C11H18BrN3O. The largest absolute Gasteiger partial charge is 0.376 e. The van der Waals surface area contributed by atoms with Crippen LogP contribution in [-0.4, -0.2) is 29.2 Å². The van der Waals surface area contributed by atoms with Crippen LogP contribution in [0.5, 0.6) is 0 Å². The lowest BCUT2D eigenvalue weighted by molar-refractivity contribution is 0.529. The van der Waals surface area contributed by atoms with E-state index < -0.39 is 0 Å². The Balaban J connectivity index is 2.58. The van der Waals surface area contributed by atoms with E-state index in [1.54, 1.807) is 12.3 Å². The molecule has 0 radical (unpaired) electrons. The van der Waals surface area contributed by atoms with Gasteiger partial charge in [0.1, 0.15) is 0 Å². The second-order valence-corrected chi connectivity index (χ2v) is 4.71. The fourth-order valence-corrected chi connectivity index (χ4v) is 1.77. The van der Waals surface area contributed by atoms with E-state index in [0.717, 1.165) is 30.3 Å². The maximum absolute atomic E-state index is 11.7. The highest BCUT2D eigenvalue weighted by atomic mass is 79.9. The molecule has 0 bridgehead atoms. The van der Waals surface area contributed by atoms with Gasteiger partial charge in [0.2, 0.25) is 0 Å². The maximum atomic E-state index is 11.7. The number of nitrogens with zero attached hydrogens (tertiary/aromatic N) is 3. The molecule has 0 spiro atoms. The number of halogens is 1. The normalized spacial score (nSPS) is 10.4. The van der Waals surface area contributed by atoms with Gasteiger partial charge in [0, 0.05) is 32.0 Å². The zero-order valence-corrected chi connectivity index (χ0v) is 11.4. The second-order valence-electron chi connectivity index (χ2n) is 3.92. The summed E-state index contributed by atoms with van der Waals surface area (Å²) in [4.78, 5) is 13.6. The van der Waals surface area contributed by atoms with E-state index in [-0.39, 0.29) is 5.56 Å². The summed E-state index contributed by atoms with van der Waals surface area (Å²) in [6, 6.07) is 1.62. The molecule has 0 aliphatic carbocycles. The van der Waals surface area contributed by atoms with Crippen LogP contribution in [0.4, 0.5) is 5.69 Å².